The summed E-state index contributed by atoms with van der Waals surface area (Å²) in [5.74, 6) is 0.757. The van der Waals surface area contributed by atoms with Crippen molar-refractivity contribution in [2.45, 2.75) is 25.3 Å². The Morgan fingerprint density at radius 3 is 2.88 bits per heavy atom. The first kappa shape index (κ1) is 14.9. The number of aryl methyl sites for hydroxylation is 2. The second-order valence-corrected chi connectivity index (χ2v) is 6.43. The van der Waals surface area contributed by atoms with Gasteiger partial charge in [0.2, 0.25) is 0 Å². The van der Waals surface area contributed by atoms with Gasteiger partial charge in [-0.1, -0.05) is 0 Å². The SMILES string of the molecule is CN(C(=O)c1cncc(O)c1)C1CN(c2cc3c(nn2)CCC3)C1. The van der Waals surface area contributed by atoms with Crippen LogP contribution in [0.1, 0.15) is 28.0 Å². The molecule has 0 spiro atoms. The van der Waals surface area contributed by atoms with Gasteiger partial charge in [0.25, 0.3) is 5.91 Å². The van der Waals surface area contributed by atoms with Crippen molar-refractivity contribution in [2.75, 3.05) is 25.0 Å². The van der Waals surface area contributed by atoms with E-state index in [0.717, 1.165) is 43.9 Å². The first-order valence-corrected chi connectivity index (χ1v) is 8.13. The van der Waals surface area contributed by atoms with E-state index in [1.807, 2.05) is 0 Å². The third-order valence-electron chi connectivity index (χ3n) is 4.83. The Kier molecular flexibility index (Phi) is 3.55. The average molecular weight is 325 g/mol. The van der Waals surface area contributed by atoms with Gasteiger partial charge in [-0.25, -0.2) is 0 Å². The molecule has 0 radical (unpaired) electrons. The lowest BCUT2D eigenvalue weighted by Crippen LogP contribution is -2.60. The first-order chi connectivity index (χ1) is 11.6. The van der Waals surface area contributed by atoms with Crippen molar-refractivity contribution in [3.63, 3.8) is 0 Å². The van der Waals surface area contributed by atoms with Crippen LogP contribution in [-0.4, -0.2) is 57.3 Å². The molecule has 0 atom stereocenters. The summed E-state index contributed by atoms with van der Waals surface area (Å²) in [5.41, 5.74) is 2.83. The summed E-state index contributed by atoms with van der Waals surface area (Å²) in [5, 5.41) is 18.1. The molecule has 7 nitrogen and oxygen atoms in total. The topological polar surface area (TPSA) is 82.5 Å². The van der Waals surface area contributed by atoms with Crippen LogP contribution in [-0.2, 0) is 12.8 Å². The summed E-state index contributed by atoms with van der Waals surface area (Å²) in [6.07, 6.45) is 6.05. The van der Waals surface area contributed by atoms with E-state index in [-0.39, 0.29) is 17.7 Å². The standard InChI is InChI=1S/C17H19N5O2/c1-21(17(24)12-5-14(23)8-18-7-12)13-9-22(10-13)16-6-11-3-2-4-15(11)19-20-16/h5-8,13,23H,2-4,9-10H2,1H3. The fourth-order valence-electron chi connectivity index (χ4n) is 3.27. The number of likely N-dealkylation sites (N-methyl/N-ethyl adjacent to an activating group) is 1. The number of amides is 1. The average Bonchev–Trinajstić information content (AvgIpc) is 3.00. The molecule has 1 amide bonds. The first-order valence-electron chi connectivity index (χ1n) is 8.13. The number of rotatable bonds is 3. The number of carbonyl (C=O) groups is 1. The maximum absolute atomic E-state index is 12.5. The molecule has 0 aromatic carbocycles. The Hall–Kier alpha value is -2.70. The summed E-state index contributed by atoms with van der Waals surface area (Å²) >= 11 is 0. The van der Waals surface area contributed by atoms with E-state index in [9.17, 15) is 9.90 Å². The normalized spacial score (nSPS) is 16.6. The van der Waals surface area contributed by atoms with Gasteiger partial charge >= 0.3 is 0 Å². The molecule has 3 heterocycles. The van der Waals surface area contributed by atoms with Crippen LogP contribution in [0.4, 0.5) is 5.82 Å². The summed E-state index contributed by atoms with van der Waals surface area (Å²) < 4.78 is 0. The summed E-state index contributed by atoms with van der Waals surface area (Å²) in [6.45, 7) is 1.48. The highest BCUT2D eigenvalue weighted by atomic mass is 16.3. The lowest BCUT2D eigenvalue weighted by atomic mass is 10.1. The van der Waals surface area contributed by atoms with Gasteiger partial charge in [-0.3, -0.25) is 9.78 Å². The van der Waals surface area contributed by atoms with Crippen LogP contribution in [0.2, 0.25) is 0 Å². The van der Waals surface area contributed by atoms with Gasteiger partial charge in [0.1, 0.15) is 5.75 Å². The molecule has 2 aromatic heterocycles. The van der Waals surface area contributed by atoms with E-state index in [1.54, 1.807) is 11.9 Å². The zero-order valence-electron chi connectivity index (χ0n) is 13.5. The monoisotopic (exact) mass is 325 g/mol. The largest absolute Gasteiger partial charge is 0.506 e. The molecule has 1 aliphatic heterocycles. The number of pyridine rings is 1. The van der Waals surface area contributed by atoms with E-state index in [2.05, 4.69) is 26.1 Å². The number of fused-ring (bicyclic) bond motifs is 1. The van der Waals surface area contributed by atoms with Gasteiger partial charge in [-0.2, -0.15) is 5.10 Å². The highest BCUT2D eigenvalue weighted by Crippen LogP contribution is 2.26. The number of hydrogen-bond acceptors (Lipinski definition) is 6. The number of aromatic hydroxyl groups is 1. The van der Waals surface area contributed by atoms with Crippen molar-refractivity contribution >= 4 is 11.7 Å². The summed E-state index contributed by atoms with van der Waals surface area (Å²) in [4.78, 5) is 20.2. The Bertz CT molecular complexity index is 788. The van der Waals surface area contributed by atoms with Crippen LogP contribution >= 0.6 is 0 Å². The van der Waals surface area contributed by atoms with Crippen molar-refractivity contribution in [2.24, 2.45) is 0 Å². The predicted octanol–water partition coefficient (Wildman–Crippen LogP) is 1.03. The number of anilines is 1. The van der Waals surface area contributed by atoms with E-state index in [0.29, 0.717) is 5.56 Å². The predicted molar refractivity (Wildman–Crippen MR) is 88.1 cm³/mol. The van der Waals surface area contributed by atoms with Crippen molar-refractivity contribution in [1.29, 1.82) is 0 Å². The zero-order chi connectivity index (χ0) is 16.7. The second kappa shape index (κ2) is 5.74. The van der Waals surface area contributed by atoms with E-state index in [1.165, 1.54) is 24.0 Å². The summed E-state index contributed by atoms with van der Waals surface area (Å²) in [6, 6.07) is 3.69. The highest BCUT2D eigenvalue weighted by molar-refractivity contribution is 5.94. The molecule has 1 N–H and O–H groups in total. The third kappa shape index (κ3) is 2.55. The van der Waals surface area contributed by atoms with Crippen molar-refractivity contribution in [3.8, 4) is 5.75 Å². The van der Waals surface area contributed by atoms with Crippen molar-refractivity contribution < 1.29 is 9.90 Å². The minimum atomic E-state index is -0.136. The molecule has 24 heavy (non-hydrogen) atoms. The number of hydrogen-bond donors (Lipinski definition) is 1. The fraction of sp³-hybridized carbons (Fsp3) is 0.412. The molecule has 124 valence electrons. The zero-order valence-corrected chi connectivity index (χ0v) is 13.5. The third-order valence-corrected chi connectivity index (χ3v) is 4.83. The van der Waals surface area contributed by atoms with E-state index in [4.69, 9.17) is 0 Å². The van der Waals surface area contributed by atoms with Crippen LogP contribution in [0.5, 0.6) is 5.75 Å². The van der Waals surface area contributed by atoms with Crippen molar-refractivity contribution in [1.82, 2.24) is 20.1 Å². The fourth-order valence-corrected chi connectivity index (χ4v) is 3.27. The molecule has 0 unspecified atom stereocenters. The molecule has 1 fully saturated rings. The quantitative estimate of drug-likeness (QED) is 0.907. The van der Waals surface area contributed by atoms with Gasteiger partial charge in [0, 0.05) is 26.3 Å². The van der Waals surface area contributed by atoms with Crippen LogP contribution in [0.25, 0.3) is 0 Å². The molecule has 7 heteroatoms. The minimum Gasteiger partial charge on any atom is -0.506 e. The van der Waals surface area contributed by atoms with E-state index < -0.39 is 0 Å². The number of nitrogens with zero attached hydrogens (tertiary/aromatic N) is 5. The Morgan fingerprint density at radius 1 is 1.25 bits per heavy atom. The lowest BCUT2D eigenvalue weighted by molar-refractivity contribution is 0.0704. The molecule has 4 rings (SSSR count). The second-order valence-electron chi connectivity index (χ2n) is 6.43. The van der Waals surface area contributed by atoms with Crippen LogP contribution in [0.3, 0.4) is 0 Å². The number of carbonyl (C=O) groups excluding carboxylic acids is 1. The molecule has 1 aliphatic carbocycles. The smallest absolute Gasteiger partial charge is 0.255 e. The minimum absolute atomic E-state index is 0.00194. The number of aromatic nitrogens is 3. The molecule has 2 aliphatic rings. The highest BCUT2D eigenvalue weighted by Gasteiger charge is 2.34. The van der Waals surface area contributed by atoms with Crippen molar-refractivity contribution in [3.05, 3.63) is 41.3 Å². The Morgan fingerprint density at radius 2 is 2.08 bits per heavy atom. The van der Waals surface area contributed by atoms with Crippen LogP contribution in [0, 0.1) is 0 Å². The molecular formula is C17H19N5O2. The molecule has 0 bridgehead atoms. The lowest BCUT2D eigenvalue weighted by Gasteiger charge is -2.44. The van der Waals surface area contributed by atoms with E-state index >= 15 is 0 Å². The molecule has 1 saturated heterocycles. The van der Waals surface area contributed by atoms with Gasteiger partial charge in [-0.15, -0.1) is 5.10 Å². The maximum atomic E-state index is 12.5. The van der Waals surface area contributed by atoms with Gasteiger partial charge in [-0.05, 0) is 37.0 Å². The Labute approximate surface area is 139 Å². The molecule has 0 saturated carbocycles. The summed E-state index contributed by atoms with van der Waals surface area (Å²) in [7, 11) is 1.78. The molecular weight excluding hydrogens is 306 g/mol. The van der Waals surface area contributed by atoms with Gasteiger partial charge in [0.15, 0.2) is 5.82 Å². The van der Waals surface area contributed by atoms with Gasteiger partial charge in [0.05, 0.1) is 23.5 Å². The Balaban J connectivity index is 1.41. The maximum Gasteiger partial charge on any atom is 0.255 e. The molecule has 2 aromatic rings. The van der Waals surface area contributed by atoms with Crippen LogP contribution < -0.4 is 4.90 Å². The van der Waals surface area contributed by atoms with Crippen LogP contribution in [0.15, 0.2) is 24.5 Å². The van der Waals surface area contributed by atoms with Gasteiger partial charge < -0.3 is 14.9 Å².